The van der Waals surface area contributed by atoms with Gasteiger partial charge < -0.3 is 14.4 Å². The summed E-state index contributed by atoms with van der Waals surface area (Å²) in [6.07, 6.45) is 0.602. The molecule has 0 radical (unpaired) electrons. The van der Waals surface area contributed by atoms with Gasteiger partial charge in [0.05, 0.1) is 18.7 Å². The predicted octanol–water partition coefficient (Wildman–Crippen LogP) is 1.98. The fourth-order valence-electron chi connectivity index (χ4n) is 2.01. The zero-order chi connectivity index (χ0) is 14.5. The summed E-state index contributed by atoms with van der Waals surface area (Å²) in [5.74, 6) is 0.803. The molecule has 1 heterocycles. The number of rotatable bonds is 6. The Morgan fingerprint density at radius 2 is 2.05 bits per heavy atom. The quantitative estimate of drug-likeness (QED) is 0.874. The van der Waals surface area contributed by atoms with Gasteiger partial charge in [-0.05, 0) is 19.1 Å². The van der Waals surface area contributed by atoms with Gasteiger partial charge in [0.15, 0.2) is 0 Å². The molecule has 0 aliphatic carbocycles. The molecular formula is C15H18N2O3. The summed E-state index contributed by atoms with van der Waals surface area (Å²) in [4.78, 5) is 15.1. The van der Waals surface area contributed by atoms with Crippen LogP contribution in [0.3, 0.4) is 0 Å². The number of nitrogens with zero attached hydrogens (tertiary/aromatic N) is 2. The molecule has 1 N–H and O–H groups in total. The summed E-state index contributed by atoms with van der Waals surface area (Å²) in [6, 6.07) is 9.59. The summed E-state index contributed by atoms with van der Waals surface area (Å²) >= 11 is 0. The molecule has 1 aromatic heterocycles. The minimum atomic E-state index is -0.863. The number of carboxylic acids is 1. The number of imidazole rings is 1. The van der Waals surface area contributed by atoms with Crippen LogP contribution in [0, 0.1) is 6.92 Å². The van der Waals surface area contributed by atoms with E-state index in [1.54, 1.807) is 0 Å². The van der Waals surface area contributed by atoms with Gasteiger partial charge in [0.25, 0.3) is 0 Å². The van der Waals surface area contributed by atoms with E-state index in [1.165, 1.54) is 0 Å². The number of carboxylic acid groups (broad SMARTS) is 1. The van der Waals surface area contributed by atoms with Crippen molar-refractivity contribution in [2.45, 2.75) is 19.8 Å². The van der Waals surface area contributed by atoms with Crippen LogP contribution in [0.5, 0.6) is 5.75 Å². The van der Waals surface area contributed by atoms with Crippen LogP contribution in [0.25, 0.3) is 0 Å². The van der Waals surface area contributed by atoms with Crippen LogP contribution in [0.2, 0.25) is 0 Å². The molecule has 1 aromatic carbocycles. The molecule has 2 aromatic rings. The Labute approximate surface area is 117 Å². The van der Waals surface area contributed by atoms with Crippen molar-refractivity contribution in [1.82, 2.24) is 9.55 Å². The van der Waals surface area contributed by atoms with E-state index in [-0.39, 0.29) is 6.42 Å². The fraction of sp³-hybridized carbons (Fsp3) is 0.333. The smallest absolute Gasteiger partial charge is 0.309 e. The first-order chi connectivity index (χ1) is 9.58. The van der Waals surface area contributed by atoms with Gasteiger partial charge in [-0.3, -0.25) is 4.79 Å². The third-order valence-electron chi connectivity index (χ3n) is 3.23. The van der Waals surface area contributed by atoms with Gasteiger partial charge in [-0.1, -0.05) is 18.2 Å². The summed E-state index contributed by atoms with van der Waals surface area (Å²) < 4.78 is 7.55. The maximum absolute atomic E-state index is 10.8. The Morgan fingerprint density at radius 1 is 1.35 bits per heavy atom. The van der Waals surface area contributed by atoms with Gasteiger partial charge >= 0.3 is 5.97 Å². The highest BCUT2D eigenvalue weighted by Gasteiger charge is 2.13. The molecule has 20 heavy (non-hydrogen) atoms. The molecule has 106 valence electrons. The van der Waals surface area contributed by atoms with Crippen LogP contribution in [-0.2, 0) is 24.7 Å². The summed E-state index contributed by atoms with van der Waals surface area (Å²) in [6.45, 7) is 2.40. The van der Waals surface area contributed by atoms with Crippen LogP contribution >= 0.6 is 0 Å². The monoisotopic (exact) mass is 274 g/mol. The Kier molecular flexibility index (Phi) is 4.40. The molecule has 0 unspecified atom stereocenters. The summed E-state index contributed by atoms with van der Waals surface area (Å²) in [7, 11) is 1.89. The zero-order valence-electron chi connectivity index (χ0n) is 11.7. The molecule has 0 saturated carbocycles. The van der Waals surface area contributed by atoms with Gasteiger partial charge in [-0.15, -0.1) is 0 Å². The van der Waals surface area contributed by atoms with Crippen molar-refractivity contribution in [3.63, 3.8) is 0 Å². The van der Waals surface area contributed by atoms with Crippen LogP contribution in [0.15, 0.2) is 30.3 Å². The number of ether oxygens (including phenoxy) is 1. The second-order valence-corrected chi connectivity index (χ2v) is 4.60. The molecular weight excluding hydrogens is 256 g/mol. The van der Waals surface area contributed by atoms with Crippen molar-refractivity contribution in [3.05, 3.63) is 47.5 Å². The molecule has 2 rings (SSSR count). The number of para-hydroxylation sites is 1. The van der Waals surface area contributed by atoms with E-state index in [4.69, 9.17) is 9.84 Å². The Balaban J connectivity index is 1.98. The lowest BCUT2D eigenvalue weighted by Crippen LogP contribution is -2.06. The Morgan fingerprint density at radius 3 is 2.70 bits per heavy atom. The van der Waals surface area contributed by atoms with E-state index in [9.17, 15) is 4.79 Å². The van der Waals surface area contributed by atoms with Gasteiger partial charge in [0.2, 0.25) is 0 Å². The summed E-state index contributed by atoms with van der Waals surface area (Å²) in [5.41, 5.74) is 1.51. The number of aliphatic carboxylic acids is 1. The fourth-order valence-corrected chi connectivity index (χ4v) is 2.01. The van der Waals surface area contributed by atoms with Crippen molar-refractivity contribution in [2.75, 3.05) is 6.61 Å². The summed E-state index contributed by atoms with van der Waals surface area (Å²) in [5, 5.41) is 8.84. The van der Waals surface area contributed by atoms with E-state index in [0.29, 0.717) is 18.7 Å². The number of aromatic nitrogens is 2. The largest absolute Gasteiger partial charge is 0.493 e. The molecule has 0 aliphatic heterocycles. The van der Waals surface area contributed by atoms with E-state index in [2.05, 4.69) is 4.98 Å². The van der Waals surface area contributed by atoms with E-state index < -0.39 is 5.97 Å². The Hall–Kier alpha value is -2.30. The highest BCUT2D eigenvalue weighted by Crippen LogP contribution is 2.12. The number of hydrogen-bond donors (Lipinski definition) is 1. The van der Waals surface area contributed by atoms with Crippen molar-refractivity contribution in [1.29, 1.82) is 0 Å². The number of carbonyl (C=O) groups is 1. The van der Waals surface area contributed by atoms with Crippen LogP contribution < -0.4 is 4.74 Å². The third-order valence-corrected chi connectivity index (χ3v) is 3.23. The first kappa shape index (κ1) is 14.1. The molecule has 0 fully saturated rings. The van der Waals surface area contributed by atoms with Gasteiger partial charge in [-0.25, -0.2) is 4.98 Å². The first-order valence-electron chi connectivity index (χ1n) is 6.48. The van der Waals surface area contributed by atoms with E-state index in [1.807, 2.05) is 48.9 Å². The van der Waals surface area contributed by atoms with Crippen LogP contribution in [0.1, 0.15) is 17.2 Å². The predicted molar refractivity (Wildman–Crippen MR) is 74.9 cm³/mol. The van der Waals surface area contributed by atoms with Crippen molar-refractivity contribution < 1.29 is 14.6 Å². The maximum Gasteiger partial charge on any atom is 0.309 e. The minimum absolute atomic E-state index is 0.0424. The van der Waals surface area contributed by atoms with Crippen molar-refractivity contribution in [2.24, 2.45) is 7.05 Å². The third kappa shape index (κ3) is 3.38. The topological polar surface area (TPSA) is 64.3 Å². The minimum Gasteiger partial charge on any atom is -0.493 e. The lowest BCUT2D eigenvalue weighted by Gasteiger charge is -2.06. The molecule has 0 atom stereocenters. The second kappa shape index (κ2) is 6.23. The molecule has 0 aliphatic rings. The first-order valence-corrected chi connectivity index (χ1v) is 6.48. The standard InChI is InChI=1S/C15H18N2O3/c1-11-13(10-15(18)19)16-14(17(11)2)8-9-20-12-6-4-3-5-7-12/h3-7H,8-10H2,1-2H3,(H,18,19). The Bertz CT molecular complexity index is 591. The molecule has 0 saturated heterocycles. The SMILES string of the molecule is Cc1c(CC(=O)O)nc(CCOc2ccccc2)n1C. The van der Waals surface area contributed by atoms with Crippen molar-refractivity contribution >= 4 is 5.97 Å². The second-order valence-electron chi connectivity index (χ2n) is 4.60. The van der Waals surface area contributed by atoms with Crippen LogP contribution in [0.4, 0.5) is 0 Å². The average Bonchev–Trinajstić information content (AvgIpc) is 2.68. The average molecular weight is 274 g/mol. The molecule has 0 amide bonds. The maximum atomic E-state index is 10.8. The lowest BCUT2D eigenvalue weighted by molar-refractivity contribution is -0.136. The number of hydrogen-bond acceptors (Lipinski definition) is 3. The molecule has 5 heteroatoms. The molecule has 0 spiro atoms. The number of benzene rings is 1. The zero-order valence-corrected chi connectivity index (χ0v) is 11.7. The van der Waals surface area contributed by atoms with E-state index >= 15 is 0 Å². The lowest BCUT2D eigenvalue weighted by atomic mass is 10.2. The van der Waals surface area contributed by atoms with Gasteiger partial charge in [0.1, 0.15) is 11.6 Å². The highest BCUT2D eigenvalue weighted by atomic mass is 16.5. The highest BCUT2D eigenvalue weighted by molar-refractivity contribution is 5.69. The molecule has 0 bridgehead atoms. The van der Waals surface area contributed by atoms with Crippen molar-refractivity contribution in [3.8, 4) is 5.75 Å². The normalized spacial score (nSPS) is 10.5. The van der Waals surface area contributed by atoms with Gasteiger partial charge in [0, 0.05) is 19.2 Å². The van der Waals surface area contributed by atoms with Crippen LogP contribution in [-0.4, -0.2) is 27.2 Å². The molecule has 5 nitrogen and oxygen atoms in total. The van der Waals surface area contributed by atoms with E-state index in [0.717, 1.165) is 17.3 Å². The van der Waals surface area contributed by atoms with Gasteiger partial charge in [-0.2, -0.15) is 0 Å².